The van der Waals surface area contributed by atoms with E-state index in [1.165, 1.54) is 0 Å². The Morgan fingerprint density at radius 1 is 1.19 bits per heavy atom. The van der Waals surface area contributed by atoms with Crippen LogP contribution in [0.25, 0.3) is 0 Å². The van der Waals surface area contributed by atoms with E-state index < -0.39 is 0 Å². The number of nitrogens with zero attached hydrogens (tertiary/aromatic N) is 1. The zero-order valence-corrected chi connectivity index (χ0v) is 13.3. The van der Waals surface area contributed by atoms with Gasteiger partial charge in [0.2, 0.25) is 5.91 Å². The van der Waals surface area contributed by atoms with Crippen LogP contribution < -0.4 is 10.6 Å². The van der Waals surface area contributed by atoms with Gasteiger partial charge in [0, 0.05) is 30.4 Å². The number of nitrogens with one attached hydrogen (secondary N) is 2. The van der Waals surface area contributed by atoms with Crippen molar-refractivity contribution in [3.8, 4) is 0 Å². The van der Waals surface area contributed by atoms with Crippen LogP contribution in [0.3, 0.4) is 0 Å². The highest BCUT2D eigenvalue weighted by molar-refractivity contribution is 5.95. The smallest absolute Gasteiger partial charge is 0.253 e. The number of rotatable bonds is 7. The summed E-state index contributed by atoms with van der Waals surface area (Å²) in [6.07, 6.45) is 0. The molecule has 0 atom stereocenters. The molecular weight excluding hydrogens is 266 g/mol. The molecule has 0 heterocycles. The number of carbonyl (C=O) groups is 2. The fourth-order valence-electron chi connectivity index (χ4n) is 2.01. The molecule has 0 aliphatic rings. The third kappa shape index (κ3) is 5.45. The first kappa shape index (κ1) is 17.0. The normalized spacial score (nSPS) is 10.3. The summed E-state index contributed by atoms with van der Waals surface area (Å²) >= 11 is 0. The largest absolute Gasteiger partial charge is 0.376 e. The fourth-order valence-corrected chi connectivity index (χ4v) is 2.01. The van der Waals surface area contributed by atoms with Gasteiger partial charge in [-0.15, -0.1) is 0 Å². The van der Waals surface area contributed by atoms with Crippen molar-refractivity contribution in [3.63, 3.8) is 0 Å². The SMILES string of the molecule is CCN(CC)C(=O)c1cccc(NCC(=O)NC(C)C)c1. The van der Waals surface area contributed by atoms with E-state index in [0.29, 0.717) is 18.7 Å². The lowest BCUT2D eigenvalue weighted by Crippen LogP contribution is -2.34. The van der Waals surface area contributed by atoms with E-state index in [1.807, 2.05) is 39.8 Å². The summed E-state index contributed by atoms with van der Waals surface area (Å²) in [5, 5.41) is 5.85. The van der Waals surface area contributed by atoms with Crippen LogP contribution in [0.2, 0.25) is 0 Å². The van der Waals surface area contributed by atoms with Gasteiger partial charge in [0.15, 0.2) is 0 Å². The molecule has 0 bridgehead atoms. The number of amides is 2. The average molecular weight is 291 g/mol. The van der Waals surface area contributed by atoms with E-state index in [0.717, 1.165) is 5.69 Å². The molecule has 1 aromatic rings. The number of hydrogen-bond acceptors (Lipinski definition) is 3. The molecule has 0 saturated heterocycles. The lowest BCUT2D eigenvalue weighted by Gasteiger charge is -2.19. The van der Waals surface area contributed by atoms with Crippen LogP contribution in [0, 0.1) is 0 Å². The second-order valence-corrected chi connectivity index (χ2v) is 5.13. The highest BCUT2D eigenvalue weighted by Gasteiger charge is 2.12. The summed E-state index contributed by atoms with van der Waals surface area (Å²) in [6, 6.07) is 7.36. The monoisotopic (exact) mass is 291 g/mol. The molecule has 0 aromatic heterocycles. The summed E-state index contributed by atoms with van der Waals surface area (Å²) in [5.41, 5.74) is 1.40. The van der Waals surface area contributed by atoms with Gasteiger partial charge >= 0.3 is 0 Å². The highest BCUT2D eigenvalue weighted by Crippen LogP contribution is 2.12. The van der Waals surface area contributed by atoms with Crippen LogP contribution >= 0.6 is 0 Å². The van der Waals surface area contributed by atoms with Crippen molar-refractivity contribution in [3.05, 3.63) is 29.8 Å². The van der Waals surface area contributed by atoms with E-state index in [2.05, 4.69) is 10.6 Å². The molecule has 5 nitrogen and oxygen atoms in total. The predicted octanol–water partition coefficient (Wildman–Crippen LogP) is 2.11. The van der Waals surface area contributed by atoms with E-state index >= 15 is 0 Å². The summed E-state index contributed by atoms with van der Waals surface area (Å²) in [5.74, 6) is -0.0549. The van der Waals surface area contributed by atoms with E-state index in [1.54, 1.807) is 17.0 Å². The first-order valence-corrected chi connectivity index (χ1v) is 7.40. The molecular formula is C16H25N3O2. The molecule has 0 saturated carbocycles. The quantitative estimate of drug-likeness (QED) is 0.809. The first-order chi connectivity index (χ1) is 9.97. The maximum Gasteiger partial charge on any atom is 0.253 e. The third-order valence-electron chi connectivity index (χ3n) is 3.06. The van der Waals surface area contributed by atoms with E-state index in [-0.39, 0.29) is 24.4 Å². The Labute approximate surface area is 126 Å². The van der Waals surface area contributed by atoms with E-state index in [4.69, 9.17) is 0 Å². The van der Waals surface area contributed by atoms with Gasteiger partial charge in [-0.3, -0.25) is 9.59 Å². The summed E-state index contributed by atoms with van der Waals surface area (Å²) < 4.78 is 0. The van der Waals surface area contributed by atoms with Crippen LogP contribution in [-0.4, -0.2) is 42.4 Å². The fraction of sp³-hybridized carbons (Fsp3) is 0.500. The second kappa shape index (κ2) is 8.29. The van der Waals surface area contributed by atoms with Gasteiger partial charge < -0.3 is 15.5 Å². The molecule has 2 amide bonds. The zero-order chi connectivity index (χ0) is 15.8. The third-order valence-corrected chi connectivity index (χ3v) is 3.06. The van der Waals surface area contributed by atoms with Crippen LogP contribution in [0.4, 0.5) is 5.69 Å². The summed E-state index contributed by atoms with van der Waals surface area (Å²) in [6.45, 7) is 9.32. The molecule has 5 heteroatoms. The molecule has 116 valence electrons. The van der Waals surface area contributed by atoms with Gasteiger partial charge in [-0.1, -0.05) is 6.07 Å². The van der Waals surface area contributed by atoms with Crippen molar-refractivity contribution in [1.29, 1.82) is 0 Å². The second-order valence-electron chi connectivity index (χ2n) is 5.13. The van der Waals surface area contributed by atoms with Gasteiger partial charge in [0.1, 0.15) is 0 Å². The molecule has 21 heavy (non-hydrogen) atoms. The molecule has 0 aliphatic heterocycles. The van der Waals surface area contributed by atoms with Gasteiger partial charge in [-0.25, -0.2) is 0 Å². The van der Waals surface area contributed by atoms with Crippen molar-refractivity contribution in [1.82, 2.24) is 10.2 Å². The molecule has 0 fully saturated rings. The maximum atomic E-state index is 12.3. The highest BCUT2D eigenvalue weighted by atomic mass is 16.2. The van der Waals surface area contributed by atoms with Crippen LogP contribution in [-0.2, 0) is 4.79 Å². The van der Waals surface area contributed by atoms with Crippen molar-refractivity contribution in [2.24, 2.45) is 0 Å². The molecule has 0 radical (unpaired) electrons. The van der Waals surface area contributed by atoms with E-state index in [9.17, 15) is 9.59 Å². The number of anilines is 1. The Morgan fingerprint density at radius 3 is 2.43 bits per heavy atom. The predicted molar refractivity (Wildman–Crippen MR) is 85.5 cm³/mol. The average Bonchev–Trinajstić information content (AvgIpc) is 2.46. The zero-order valence-electron chi connectivity index (χ0n) is 13.3. The summed E-state index contributed by atoms with van der Waals surface area (Å²) in [7, 11) is 0. The van der Waals surface area contributed by atoms with Crippen molar-refractivity contribution in [2.45, 2.75) is 33.7 Å². The maximum absolute atomic E-state index is 12.3. The Hall–Kier alpha value is -2.04. The molecule has 1 rings (SSSR count). The number of carbonyl (C=O) groups excluding carboxylic acids is 2. The topological polar surface area (TPSA) is 61.4 Å². The minimum Gasteiger partial charge on any atom is -0.376 e. The molecule has 0 spiro atoms. The Balaban J connectivity index is 2.68. The first-order valence-electron chi connectivity index (χ1n) is 7.40. The minimum atomic E-state index is -0.0644. The molecule has 2 N–H and O–H groups in total. The number of benzene rings is 1. The van der Waals surface area contributed by atoms with Gasteiger partial charge in [-0.2, -0.15) is 0 Å². The standard InChI is InChI=1S/C16H25N3O2/c1-5-19(6-2)16(21)13-8-7-9-14(10-13)17-11-15(20)18-12(3)4/h7-10,12,17H,5-6,11H2,1-4H3,(H,18,20). The molecule has 1 aromatic carbocycles. The van der Waals surface area contributed by atoms with Crippen molar-refractivity contribution in [2.75, 3.05) is 25.0 Å². The minimum absolute atomic E-state index is 0.00952. The summed E-state index contributed by atoms with van der Waals surface area (Å²) in [4.78, 5) is 25.6. The van der Waals surface area contributed by atoms with Crippen LogP contribution in [0.1, 0.15) is 38.1 Å². The van der Waals surface area contributed by atoms with Gasteiger partial charge in [-0.05, 0) is 45.9 Å². The lowest BCUT2D eigenvalue weighted by molar-refractivity contribution is -0.119. The molecule has 0 aliphatic carbocycles. The Morgan fingerprint density at radius 2 is 1.86 bits per heavy atom. The number of hydrogen-bond donors (Lipinski definition) is 2. The van der Waals surface area contributed by atoms with Gasteiger partial charge in [0.05, 0.1) is 6.54 Å². The van der Waals surface area contributed by atoms with Crippen molar-refractivity contribution >= 4 is 17.5 Å². The van der Waals surface area contributed by atoms with Crippen molar-refractivity contribution < 1.29 is 9.59 Å². The van der Waals surface area contributed by atoms with Gasteiger partial charge in [0.25, 0.3) is 5.91 Å². The molecule has 0 unspecified atom stereocenters. The lowest BCUT2D eigenvalue weighted by atomic mass is 10.1. The van der Waals surface area contributed by atoms with Crippen LogP contribution in [0.5, 0.6) is 0 Å². The Bertz CT molecular complexity index is 482. The Kier molecular flexibility index (Phi) is 6.72. The van der Waals surface area contributed by atoms with Crippen LogP contribution in [0.15, 0.2) is 24.3 Å².